The standard InChI is InChI=1S/C12H26O2Si/c1-5-8-9-10-11-12-15(4,13-6-2)14-7-3/h5H,1,6-12H2,2-4H3. The van der Waals surface area contributed by atoms with Gasteiger partial charge in [0.15, 0.2) is 0 Å². The summed E-state index contributed by atoms with van der Waals surface area (Å²) in [4.78, 5) is 0. The first kappa shape index (κ1) is 14.9. The summed E-state index contributed by atoms with van der Waals surface area (Å²) in [6, 6.07) is 1.12. The van der Waals surface area contributed by atoms with Gasteiger partial charge < -0.3 is 8.85 Å². The van der Waals surface area contributed by atoms with Crippen molar-refractivity contribution in [2.75, 3.05) is 13.2 Å². The molecule has 0 amide bonds. The zero-order valence-corrected chi connectivity index (χ0v) is 11.6. The smallest absolute Gasteiger partial charge is 0.334 e. The van der Waals surface area contributed by atoms with Gasteiger partial charge in [-0.1, -0.05) is 18.9 Å². The van der Waals surface area contributed by atoms with Crippen molar-refractivity contribution in [2.45, 2.75) is 52.1 Å². The van der Waals surface area contributed by atoms with Gasteiger partial charge in [-0.05, 0) is 39.3 Å². The second-order valence-corrected chi connectivity index (χ2v) is 7.23. The van der Waals surface area contributed by atoms with E-state index in [9.17, 15) is 0 Å². The lowest BCUT2D eigenvalue weighted by molar-refractivity contribution is 0.188. The second-order valence-electron chi connectivity index (χ2n) is 3.89. The molecule has 0 saturated heterocycles. The van der Waals surface area contributed by atoms with Gasteiger partial charge in [0.25, 0.3) is 0 Å². The van der Waals surface area contributed by atoms with E-state index in [1.54, 1.807) is 0 Å². The Morgan fingerprint density at radius 1 is 1.07 bits per heavy atom. The topological polar surface area (TPSA) is 18.5 Å². The van der Waals surface area contributed by atoms with Crippen LogP contribution in [-0.2, 0) is 8.85 Å². The predicted molar refractivity (Wildman–Crippen MR) is 68.3 cm³/mol. The number of hydrogen-bond acceptors (Lipinski definition) is 2. The van der Waals surface area contributed by atoms with Crippen molar-refractivity contribution in [3.05, 3.63) is 12.7 Å². The Hall–Kier alpha value is -0.123. The van der Waals surface area contributed by atoms with E-state index in [0.29, 0.717) is 0 Å². The maximum absolute atomic E-state index is 5.77. The van der Waals surface area contributed by atoms with E-state index in [1.807, 2.05) is 19.9 Å². The zero-order chi connectivity index (χ0) is 11.6. The fourth-order valence-electron chi connectivity index (χ4n) is 1.71. The van der Waals surface area contributed by atoms with Gasteiger partial charge in [-0.15, -0.1) is 6.58 Å². The molecule has 90 valence electrons. The molecule has 0 aromatic carbocycles. The molecule has 0 rings (SSSR count). The molecular weight excluding hydrogens is 204 g/mol. The van der Waals surface area contributed by atoms with Gasteiger partial charge in [-0.2, -0.15) is 0 Å². The zero-order valence-electron chi connectivity index (χ0n) is 10.6. The summed E-state index contributed by atoms with van der Waals surface area (Å²) in [6.45, 7) is 11.5. The molecule has 0 N–H and O–H groups in total. The molecule has 0 unspecified atom stereocenters. The highest BCUT2D eigenvalue weighted by Crippen LogP contribution is 2.18. The molecule has 0 aliphatic carbocycles. The Morgan fingerprint density at radius 3 is 2.13 bits per heavy atom. The lowest BCUT2D eigenvalue weighted by atomic mass is 10.2. The van der Waals surface area contributed by atoms with Gasteiger partial charge >= 0.3 is 8.56 Å². The normalized spacial score (nSPS) is 11.7. The van der Waals surface area contributed by atoms with Crippen LogP contribution in [0.25, 0.3) is 0 Å². The molecule has 0 aromatic rings. The van der Waals surface area contributed by atoms with Crippen molar-refractivity contribution < 1.29 is 8.85 Å². The first-order valence-corrected chi connectivity index (χ1v) is 8.59. The molecule has 0 aliphatic heterocycles. The Bertz CT molecular complexity index is 154. The van der Waals surface area contributed by atoms with Crippen molar-refractivity contribution >= 4 is 8.56 Å². The van der Waals surface area contributed by atoms with Crippen LogP contribution in [-0.4, -0.2) is 21.8 Å². The van der Waals surface area contributed by atoms with Gasteiger partial charge in [0.1, 0.15) is 0 Å². The Morgan fingerprint density at radius 2 is 1.67 bits per heavy atom. The molecule has 0 radical (unpaired) electrons. The van der Waals surface area contributed by atoms with E-state index >= 15 is 0 Å². The molecule has 15 heavy (non-hydrogen) atoms. The monoisotopic (exact) mass is 230 g/mol. The SMILES string of the molecule is C=CCCCCC[Si](C)(OCC)OCC. The molecule has 2 nitrogen and oxygen atoms in total. The highest BCUT2D eigenvalue weighted by Gasteiger charge is 2.29. The molecule has 0 aromatic heterocycles. The van der Waals surface area contributed by atoms with E-state index in [4.69, 9.17) is 8.85 Å². The van der Waals surface area contributed by atoms with Gasteiger partial charge in [0.05, 0.1) is 0 Å². The molecule has 0 spiro atoms. The van der Waals surface area contributed by atoms with Crippen LogP contribution < -0.4 is 0 Å². The van der Waals surface area contributed by atoms with Crippen LogP contribution in [0.5, 0.6) is 0 Å². The van der Waals surface area contributed by atoms with Crippen molar-refractivity contribution in [1.29, 1.82) is 0 Å². The third kappa shape index (κ3) is 7.77. The highest BCUT2D eigenvalue weighted by atomic mass is 28.4. The predicted octanol–water partition coefficient (Wildman–Crippen LogP) is 3.88. The molecular formula is C12H26O2Si. The average Bonchev–Trinajstić information content (AvgIpc) is 2.18. The first-order valence-electron chi connectivity index (χ1n) is 6.07. The molecule has 0 bridgehead atoms. The van der Waals surface area contributed by atoms with E-state index in [2.05, 4.69) is 13.1 Å². The van der Waals surface area contributed by atoms with Crippen molar-refractivity contribution in [2.24, 2.45) is 0 Å². The van der Waals surface area contributed by atoms with Crippen molar-refractivity contribution in [3.63, 3.8) is 0 Å². The number of unbranched alkanes of at least 4 members (excludes halogenated alkanes) is 3. The van der Waals surface area contributed by atoms with E-state index in [-0.39, 0.29) is 0 Å². The molecule has 0 aliphatic rings. The summed E-state index contributed by atoms with van der Waals surface area (Å²) in [5.41, 5.74) is 0. The Balaban J connectivity index is 3.69. The van der Waals surface area contributed by atoms with E-state index in [0.717, 1.165) is 25.7 Å². The lowest BCUT2D eigenvalue weighted by Crippen LogP contribution is -2.38. The number of hydrogen-bond donors (Lipinski definition) is 0. The van der Waals surface area contributed by atoms with Crippen LogP contribution in [0.4, 0.5) is 0 Å². The largest absolute Gasteiger partial charge is 0.395 e. The second kappa shape index (κ2) is 9.13. The minimum Gasteiger partial charge on any atom is -0.395 e. The van der Waals surface area contributed by atoms with Gasteiger partial charge in [0, 0.05) is 13.2 Å². The Labute approximate surface area is 95.9 Å². The third-order valence-electron chi connectivity index (χ3n) is 2.44. The van der Waals surface area contributed by atoms with Crippen molar-refractivity contribution in [3.8, 4) is 0 Å². The van der Waals surface area contributed by atoms with Crippen LogP contribution in [0.1, 0.15) is 39.5 Å². The lowest BCUT2D eigenvalue weighted by Gasteiger charge is -2.25. The van der Waals surface area contributed by atoms with E-state index < -0.39 is 8.56 Å². The highest BCUT2D eigenvalue weighted by molar-refractivity contribution is 6.66. The number of rotatable bonds is 10. The van der Waals surface area contributed by atoms with Gasteiger partial charge in [0.2, 0.25) is 0 Å². The fourth-order valence-corrected chi connectivity index (χ4v) is 4.19. The average molecular weight is 230 g/mol. The van der Waals surface area contributed by atoms with E-state index in [1.165, 1.54) is 19.3 Å². The third-order valence-corrected chi connectivity index (χ3v) is 5.50. The van der Waals surface area contributed by atoms with Gasteiger partial charge in [-0.25, -0.2) is 0 Å². The Kier molecular flexibility index (Phi) is 9.05. The van der Waals surface area contributed by atoms with Crippen LogP contribution in [0, 0.1) is 0 Å². The van der Waals surface area contributed by atoms with Crippen molar-refractivity contribution in [1.82, 2.24) is 0 Å². The summed E-state index contributed by atoms with van der Waals surface area (Å²) < 4.78 is 11.5. The maximum Gasteiger partial charge on any atom is 0.334 e. The minimum atomic E-state index is -1.84. The first-order chi connectivity index (χ1) is 7.18. The molecule has 0 atom stereocenters. The van der Waals surface area contributed by atoms with Crippen LogP contribution in [0.15, 0.2) is 12.7 Å². The van der Waals surface area contributed by atoms with Crippen LogP contribution >= 0.6 is 0 Å². The summed E-state index contributed by atoms with van der Waals surface area (Å²) >= 11 is 0. The summed E-state index contributed by atoms with van der Waals surface area (Å²) in [5.74, 6) is 0. The summed E-state index contributed by atoms with van der Waals surface area (Å²) in [5, 5.41) is 0. The molecule has 0 saturated carbocycles. The fraction of sp³-hybridized carbons (Fsp3) is 0.833. The molecule has 0 heterocycles. The summed E-state index contributed by atoms with van der Waals surface area (Å²) in [6.07, 6.45) is 6.83. The molecule has 0 fully saturated rings. The molecule has 3 heteroatoms. The minimum absolute atomic E-state index is 0.773. The van der Waals surface area contributed by atoms with Crippen LogP contribution in [0.2, 0.25) is 12.6 Å². The summed E-state index contributed by atoms with van der Waals surface area (Å²) in [7, 11) is -1.84. The van der Waals surface area contributed by atoms with Gasteiger partial charge in [-0.3, -0.25) is 0 Å². The maximum atomic E-state index is 5.77. The van der Waals surface area contributed by atoms with Crippen LogP contribution in [0.3, 0.4) is 0 Å². The number of allylic oxidation sites excluding steroid dienone is 1. The quantitative estimate of drug-likeness (QED) is 0.322.